The number of unbranched alkanes of at least 4 members (excludes halogenated alkanes) is 1. The zero-order valence-electron chi connectivity index (χ0n) is 15.5. The fraction of sp³-hybridized carbons (Fsp3) is 0.700. The Morgan fingerprint density at radius 2 is 1.81 bits per heavy atom. The first-order valence-corrected chi connectivity index (χ1v) is 9.46. The highest BCUT2D eigenvalue weighted by Crippen LogP contribution is 2.36. The summed E-state index contributed by atoms with van der Waals surface area (Å²) < 4.78 is 0. The lowest BCUT2D eigenvalue weighted by atomic mass is 9.87. The first-order valence-electron chi connectivity index (χ1n) is 9.46. The highest BCUT2D eigenvalue weighted by atomic mass is 16.4. The summed E-state index contributed by atoms with van der Waals surface area (Å²) >= 11 is 0. The van der Waals surface area contributed by atoms with Crippen LogP contribution in [0, 0.1) is 11.8 Å². The highest BCUT2D eigenvalue weighted by Gasteiger charge is 2.41. The number of aliphatic hydroxyl groups excluding tert-OH is 3. The molecule has 5 unspecified atom stereocenters. The monoisotopic (exact) mass is 368 g/mol. The number of carboxylic acid groups (broad SMARTS) is 1. The summed E-state index contributed by atoms with van der Waals surface area (Å²) in [5.74, 6) is -1.63. The molecule has 6 heteroatoms. The normalized spacial score (nSPS) is 27.4. The first kappa shape index (κ1) is 22.5. The first-order chi connectivity index (χ1) is 12.3. The van der Waals surface area contributed by atoms with Crippen LogP contribution in [0.4, 0.5) is 0 Å². The van der Waals surface area contributed by atoms with Crippen molar-refractivity contribution in [2.45, 2.75) is 76.6 Å². The van der Waals surface area contributed by atoms with Crippen molar-refractivity contribution in [3.05, 3.63) is 24.3 Å². The van der Waals surface area contributed by atoms with Crippen LogP contribution in [0.2, 0.25) is 0 Å². The second-order valence-electron chi connectivity index (χ2n) is 7.02. The molecule has 0 saturated heterocycles. The van der Waals surface area contributed by atoms with E-state index in [4.69, 9.17) is 5.11 Å². The van der Waals surface area contributed by atoms with E-state index in [1.54, 1.807) is 12.2 Å². The van der Waals surface area contributed by atoms with Crippen LogP contribution in [0.25, 0.3) is 0 Å². The molecular weight excluding hydrogens is 336 g/mol. The minimum atomic E-state index is -0.871. The molecule has 26 heavy (non-hydrogen) atoms. The molecule has 0 heterocycles. The van der Waals surface area contributed by atoms with E-state index in [9.17, 15) is 24.9 Å². The van der Waals surface area contributed by atoms with Gasteiger partial charge in [-0.25, -0.2) is 0 Å². The van der Waals surface area contributed by atoms with Crippen LogP contribution in [-0.4, -0.2) is 50.5 Å². The summed E-state index contributed by atoms with van der Waals surface area (Å²) in [6, 6.07) is 0. The van der Waals surface area contributed by atoms with Gasteiger partial charge in [0.1, 0.15) is 5.78 Å². The van der Waals surface area contributed by atoms with Gasteiger partial charge >= 0.3 is 5.97 Å². The maximum atomic E-state index is 12.1. The molecule has 148 valence electrons. The van der Waals surface area contributed by atoms with Gasteiger partial charge in [-0.1, -0.05) is 31.2 Å². The molecule has 1 saturated carbocycles. The predicted octanol–water partition coefficient (Wildman–Crippen LogP) is 2.22. The molecule has 0 radical (unpaired) electrons. The van der Waals surface area contributed by atoms with E-state index >= 15 is 0 Å². The SMILES string of the molecule is CCC=CCC(O)C=CC1C(O)CC(O)C1CC(=O)CCCCC(=O)O. The summed E-state index contributed by atoms with van der Waals surface area (Å²) in [7, 11) is 0. The number of carbonyl (C=O) groups excluding carboxylic acids is 1. The van der Waals surface area contributed by atoms with E-state index in [-0.39, 0.29) is 43.3 Å². The summed E-state index contributed by atoms with van der Waals surface area (Å²) in [4.78, 5) is 22.6. The molecule has 6 nitrogen and oxygen atoms in total. The lowest BCUT2D eigenvalue weighted by molar-refractivity contribution is -0.137. The number of aliphatic hydroxyl groups is 3. The van der Waals surface area contributed by atoms with Crippen molar-refractivity contribution < 1.29 is 30.0 Å². The topological polar surface area (TPSA) is 115 Å². The van der Waals surface area contributed by atoms with Crippen LogP contribution >= 0.6 is 0 Å². The van der Waals surface area contributed by atoms with Gasteiger partial charge in [-0.2, -0.15) is 0 Å². The fourth-order valence-electron chi connectivity index (χ4n) is 3.37. The molecule has 1 rings (SSSR count). The second kappa shape index (κ2) is 12.0. The maximum Gasteiger partial charge on any atom is 0.303 e. The Morgan fingerprint density at radius 1 is 1.12 bits per heavy atom. The highest BCUT2D eigenvalue weighted by molar-refractivity contribution is 5.78. The minimum absolute atomic E-state index is 0.0293. The smallest absolute Gasteiger partial charge is 0.303 e. The lowest BCUT2D eigenvalue weighted by Crippen LogP contribution is -2.24. The number of ketones is 1. The van der Waals surface area contributed by atoms with Crippen LogP contribution in [0.1, 0.15) is 58.3 Å². The molecule has 1 fully saturated rings. The molecular formula is C20H32O6. The third kappa shape index (κ3) is 8.25. The van der Waals surface area contributed by atoms with Crippen molar-refractivity contribution in [1.29, 1.82) is 0 Å². The molecule has 0 aliphatic heterocycles. The number of carbonyl (C=O) groups is 2. The summed E-state index contributed by atoms with van der Waals surface area (Å²) in [5.41, 5.74) is 0. The number of aliphatic carboxylic acids is 1. The molecule has 0 bridgehead atoms. The van der Waals surface area contributed by atoms with E-state index in [1.807, 2.05) is 19.1 Å². The quantitative estimate of drug-likeness (QED) is 0.310. The predicted molar refractivity (Wildman–Crippen MR) is 98.5 cm³/mol. The number of hydrogen-bond donors (Lipinski definition) is 4. The maximum absolute atomic E-state index is 12.1. The zero-order chi connectivity index (χ0) is 19.5. The summed E-state index contributed by atoms with van der Waals surface area (Å²) in [6.07, 6.45) is 8.14. The van der Waals surface area contributed by atoms with E-state index in [2.05, 4.69) is 0 Å². The van der Waals surface area contributed by atoms with E-state index in [0.717, 1.165) is 6.42 Å². The standard InChI is InChI=1S/C20H32O6/c1-2-3-4-7-14(21)10-11-16-17(19(24)13-18(16)23)12-15(22)8-5-6-9-20(25)26/h3-4,10-11,14,16-19,21,23-24H,2,5-9,12-13H2,1H3,(H,25,26). The zero-order valence-corrected chi connectivity index (χ0v) is 15.5. The van der Waals surface area contributed by atoms with Crippen molar-refractivity contribution in [3.63, 3.8) is 0 Å². The van der Waals surface area contributed by atoms with Crippen molar-refractivity contribution in [2.24, 2.45) is 11.8 Å². The molecule has 1 aliphatic carbocycles. The van der Waals surface area contributed by atoms with Crippen molar-refractivity contribution >= 4 is 11.8 Å². The van der Waals surface area contributed by atoms with Crippen molar-refractivity contribution in [2.75, 3.05) is 0 Å². The third-order valence-corrected chi connectivity index (χ3v) is 4.81. The third-order valence-electron chi connectivity index (χ3n) is 4.81. The number of rotatable bonds is 12. The average molecular weight is 368 g/mol. The molecule has 5 atom stereocenters. The van der Waals surface area contributed by atoms with Gasteiger partial charge in [0, 0.05) is 37.5 Å². The Balaban J connectivity index is 2.54. The number of carboxylic acids is 1. The molecule has 0 amide bonds. The average Bonchev–Trinajstić information content (AvgIpc) is 2.83. The van der Waals surface area contributed by atoms with Gasteiger partial charge in [-0.3, -0.25) is 9.59 Å². The van der Waals surface area contributed by atoms with Gasteiger partial charge in [0.25, 0.3) is 0 Å². The Hall–Kier alpha value is -1.50. The molecule has 4 N–H and O–H groups in total. The molecule has 1 aliphatic rings. The summed E-state index contributed by atoms with van der Waals surface area (Å²) in [5, 5.41) is 38.9. The Labute approximate surface area is 155 Å². The molecule has 0 aromatic rings. The van der Waals surface area contributed by atoms with Crippen LogP contribution < -0.4 is 0 Å². The van der Waals surface area contributed by atoms with Gasteiger partial charge in [0.2, 0.25) is 0 Å². The van der Waals surface area contributed by atoms with Crippen LogP contribution in [0.5, 0.6) is 0 Å². The van der Waals surface area contributed by atoms with E-state index in [1.165, 1.54) is 0 Å². The largest absolute Gasteiger partial charge is 0.481 e. The number of allylic oxidation sites excluding steroid dienone is 1. The summed E-state index contributed by atoms with van der Waals surface area (Å²) in [6.45, 7) is 2.01. The Bertz CT molecular complexity index is 499. The lowest BCUT2D eigenvalue weighted by Gasteiger charge is -2.20. The van der Waals surface area contributed by atoms with Gasteiger partial charge in [0.05, 0.1) is 18.3 Å². The number of hydrogen-bond acceptors (Lipinski definition) is 5. The van der Waals surface area contributed by atoms with Gasteiger partial charge in [-0.15, -0.1) is 0 Å². The van der Waals surface area contributed by atoms with Gasteiger partial charge in [0.15, 0.2) is 0 Å². The van der Waals surface area contributed by atoms with Gasteiger partial charge in [-0.05, 0) is 25.7 Å². The Kier molecular flexibility index (Phi) is 10.4. The van der Waals surface area contributed by atoms with Crippen LogP contribution in [0.3, 0.4) is 0 Å². The van der Waals surface area contributed by atoms with E-state index in [0.29, 0.717) is 19.3 Å². The minimum Gasteiger partial charge on any atom is -0.481 e. The molecule has 0 spiro atoms. The van der Waals surface area contributed by atoms with E-state index < -0.39 is 24.3 Å². The fourth-order valence-corrected chi connectivity index (χ4v) is 3.37. The van der Waals surface area contributed by atoms with Crippen molar-refractivity contribution in [1.82, 2.24) is 0 Å². The van der Waals surface area contributed by atoms with Crippen LogP contribution in [-0.2, 0) is 9.59 Å². The second-order valence-corrected chi connectivity index (χ2v) is 7.02. The van der Waals surface area contributed by atoms with Gasteiger partial charge < -0.3 is 20.4 Å². The molecule has 0 aromatic heterocycles. The number of Topliss-reactive ketones (excluding diaryl/α,β-unsaturated/α-hetero) is 1. The van der Waals surface area contributed by atoms with Crippen LogP contribution in [0.15, 0.2) is 24.3 Å². The Morgan fingerprint density at radius 3 is 2.46 bits per heavy atom. The molecule has 0 aromatic carbocycles. The van der Waals surface area contributed by atoms with Crippen molar-refractivity contribution in [3.8, 4) is 0 Å².